The molecule has 564 valence electrons. The van der Waals surface area contributed by atoms with Crippen LogP contribution in [0.3, 0.4) is 0 Å². The fourth-order valence-electron chi connectivity index (χ4n) is 11.7. The van der Waals surface area contributed by atoms with Crippen molar-refractivity contribution < 1.29 is 42.3 Å². The molecule has 8 heterocycles. The molecule has 110 heavy (non-hydrogen) atoms. The second kappa shape index (κ2) is 38.6. The molecule has 0 bridgehead atoms. The number of aryl methyl sites for hydroxylation is 2. The molecular weight excluding hydrogens is 1440 g/mol. The van der Waals surface area contributed by atoms with Gasteiger partial charge in [0.05, 0.1) is 67.8 Å². The Balaban J connectivity index is 0.000000169. The third-order valence-electron chi connectivity index (χ3n) is 17.6. The fourth-order valence-corrected chi connectivity index (χ4v) is 11.8. The molecule has 4 aromatic carbocycles. The van der Waals surface area contributed by atoms with Gasteiger partial charge >= 0.3 is 22.7 Å². The largest absolute Gasteiger partial charge is 0.497 e. The van der Waals surface area contributed by atoms with Crippen molar-refractivity contribution in [3.05, 3.63) is 292 Å². The van der Waals surface area contributed by atoms with Crippen molar-refractivity contribution in [2.45, 2.75) is 13.8 Å². The minimum atomic E-state index is -0.685. The monoisotopic (exact) mass is 1510 g/mol. The average Bonchev–Trinajstić information content (AvgIpc) is 0.832. The minimum Gasteiger partial charge on any atom is -0.497 e. The fraction of sp³-hybridized carbons (Fsp3) is 0.250. The van der Waals surface area contributed by atoms with Crippen LogP contribution in [0.15, 0.2) is 195 Å². The Morgan fingerprint density at radius 3 is 1.12 bits per heavy atom. The number of nitro groups is 4. The molecule has 4 saturated heterocycles. The second-order valence-electron chi connectivity index (χ2n) is 24.8. The van der Waals surface area contributed by atoms with Gasteiger partial charge in [-0.05, 0) is 128 Å². The summed E-state index contributed by atoms with van der Waals surface area (Å²) >= 11 is 6.03. The van der Waals surface area contributed by atoms with Crippen molar-refractivity contribution in [2.24, 2.45) is 0 Å². The summed E-state index contributed by atoms with van der Waals surface area (Å²) in [7, 11) is 3.19. The number of methoxy groups -OCH3 is 2. The normalized spacial score (nSPS) is 13.6. The van der Waals surface area contributed by atoms with Crippen molar-refractivity contribution >= 4 is 57.6 Å². The van der Waals surface area contributed by atoms with E-state index in [0.717, 1.165) is 51.2 Å². The Bertz CT molecular complexity index is 5030. The summed E-state index contributed by atoms with van der Waals surface area (Å²) in [5, 5.41) is 45.5. The van der Waals surface area contributed by atoms with Gasteiger partial charge in [-0.15, -0.1) is 0 Å². The number of nitrogens with zero attached hydrogens (tertiary/aromatic N) is 16. The lowest BCUT2D eigenvalue weighted by Crippen LogP contribution is -2.46. The van der Waals surface area contributed by atoms with Gasteiger partial charge in [0.15, 0.2) is 0 Å². The van der Waals surface area contributed by atoms with E-state index in [1.807, 2.05) is 73.6 Å². The Labute approximate surface area is 639 Å². The summed E-state index contributed by atoms with van der Waals surface area (Å²) in [6, 6.07) is 31.1. The number of rotatable bonds is 14. The van der Waals surface area contributed by atoms with Crippen LogP contribution in [-0.4, -0.2) is 178 Å². The van der Waals surface area contributed by atoms with Crippen LogP contribution in [0, 0.1) is 119 Å². The lowest BCUT2D eigenvalue weighted by molar-refractivity contribution is -0.384. The van der Waals surface area contributed by atoms with E-state index in [2.05, 4.69) is 103 Å². The zero-order chi connectivity index (χ0) is 79.0. The van der Waals surface area contributed by atoms with Crippen LogP contribution < -0.4 is 29.1 Å². The number of hydrogen-bond acceptors (Lipinski definition) is 22. The Morgan fingerprint density at radius 1 is 0.418 bits per heavy atom. The first-order chi connectivity index (χ1) is 52.9. The SMILES string of the molecule is C=C(C#Cc1cc(C)ccc1F)N1CCN(c2ncccc2[N+](=O)[O-])CC1.C=C(C#Cc1cc(F)cc(F)c1)N1CCN(c2ncccc2[N+](=O)[O-])CC1.C=C(C#Cc1ccc(Cl)c(C)c1)N1CCN(c2ncccc2[N+](=O)[O-])CC1.C=C(C#Cc1ccc(OC)cc1OC)N1CCN(c2ncccc2[N+](=O)[O-])CC1. The molecule has 0 atom stereocenters. The van der Waals surface area contributed by atoms with Crippen LogP contribution in [0.2, 0.25) is 5.02 Å². The topological polar surface area (TPSA) is 268 Å². The minimum absolute atomic E-state index is 0.000471. The van der Waals surface area contributed by atoms with E-state index in [0.29, 0.717) is 162 Å². The van der Waals surface area contributed by atoms with E-state index in [4.69, 9.17) is 21.1 Å². The van der Waals surface area contributed by atoms with Crippen LogP contribution in [0.5, 0.6) is 11.5 Å². The molecule has 0 saturated carbocycles. The highest BCUT2D eigenvalue weighted by atomic mass is 35.5. The molecular formula is C80H76ClF3N16O10. The number of ether oxygens (including phenoxy) is 2. The summed E-state index contributed by atoms with van der Waals surface area (Å²) in [5.41, 5.74) is 6.72. The number of allylic oxidation sites excluding steroid dienone is 4. The third-order valence-corrected chi connectivity index (χ3v) is 18.1. The molecule has 8 aromatic rings. The lowest BCUT2D eigenvalue weighted by atomic mass is 10.1. The molecule has 0 amide bonds. The molecule has 4 aliphatic rings. The van der Waals surface area contributed by atoms with Gasteiger partial charge in [-0.25, -0.2) is 33.1 Å². The average molecular weight is 1510 g/mol. The molecule has 30 heteroatoms. The predicted molar refractivity (Wildman–Crippen MR) is 416 cm³/mol. The summed E-state index contributed by atoms with van der Waals surface area (Å²) in [6.07, 6.45) is 6.22. The van der Waals surface area contributed by atoms with Gasteiger partial charge in [0.2, 0.25) is 23.3 Å². The molecule has 0 radical (unpaired) electrons. The molecule has 0 aliphatic carbocycles. The Hall–Kier alpha value is -13.6. The van der Waals surface area contributed by atoms with E-state index < -0.39 is 31.3 Å². The molecule has 26 nitrogen and oxygen atoms in total. The van der Waals surface area contributed by atoms with Crippen molar-refractivity contribution in [3.8, 4) is 58.9 Å². The molecule has 0 N–H and O–H groups in total. The number of benzene rings is 4. The van der Waals surface area contributed by atoms with Crippen molar-refractivity contribution in [1.29, 1.82) is 0 Å². The number of piperazine rings is 4. The van der Waals surface area contributed by atoms with Gasteiger partial charge in [-0.1, -0.05) is 67.7 Å². The third kappa shape index (κ3) is 22.0. The number of aromatic nitrogens is 4. The molecule has 4 fully saturated rings. The van der Waals surface area contributed by atoms with Gasteiger partial charge in [0.1, 0.15) is 29.0 Å². The molecule has 4 aliphatic heterocycles. The standard InChI is InChI=1S/C21H22N4O4.C20H19ClN4O2.C20H19FN4O2.C19H16F2N4O2/c1-16(6-7-17-8-9-18(28-2)15-20(17)29-3)23-11-13-24(14-12-23)21-19(25(26)27)5-4-10-22-21;1-15-14-17(7-8-18(15)21)6-5-16(2)23-10-12-24(13-11-23)20-19(25(26)27)4-3-9-22-20;1-15-5-8-18(21)17(14-15)7-6-16(2)23-10-12-24(13-11-23)20-19(25(26)27)4-3-9-22-20;1-14(4-5-15-11-16(20)13-17(21)12-15)23-7-9-24(10-8-23)19-18(25(26)27)3-2-6-22-19/h4-5,8-10,15H,1,11-14H2,2-3H3;3-4,7-9,14H,2,10-13H2,1H3;3-5,8-9,14H,2,10-13H2,1H3;2-3,6,11-13H,1,7-10H2. The quantitative estimate of drug-likeness (QED) is 0.0556. The van der Waals surface area contributed by atoms with E-state index >= 15 is 0 Å². The smallest absolute Gasteiger partial charge is 0.311 e. The molecule has 0 unspecified atom stereocenters. The zero-order valence-corrected chi connectivity index (χ0v) is 61.5. The van der Waals surface area contributed by atoms with E-state index in [1.54, 1.807) is 69.2 Å². The van der Waals surface area contributed by atoms with Crippen molar-refractivity contribution in [1.82, 2.24) is 39.5 Å². The number of pyridine rings is 4. The maximum Gasteiger partial charge on any atom is 0.311 e. The van der Waals surface area contributed by atoms with Gasteiger partial charge < -0.3 is 48.7 Å². The molecule has 0 spiro atoms. The highest BCUT2D eigenvalue weighted by Crippen LogP contribution is 2.32. The molecule has 4 aromatic heterocycles. The van der Waals surface area contributed by atoms with Crippen LogP contribution in [0.1, 0.15) is 33.4 Å². The van der Waals surface area contributed by atoms with E-state index in [-0.39, 0.29) is 34.1 Å². The molecule has 12 rings (SSSR count). The first-order valence-electron chi connectivity index (χ1n) is 34.3. The second-order valence-corrected chi connectivity index (χ2v) is 25.2. The summed E-state index contributed by atoms with van der Waals surface area (Å²) < 4.78 is 50.8. The highest BCUT2D eigenvalue weighted by molar-refractivity contribution is 6.31. The van der Waals surface area contributed by atoms with Crippen LogP contribution in [0.25, 0.3) is 0 Å². The predicted octanol–water partition coefficient (Wildman–Crippen LogP) is 12.4. The maximum atomic E-state index is 13.8. The van der Waals surface area contributed by atoms with E-state index in [9.17, 15) is 53.6 Å². The summed E-state index contributed by atoms with van der Waals surface area (Å²) in [4.78, 5) is 75.4. The highest BCUT2D eigenvalue weighted by Gasteiger charge is 2.29. The van der Waals surface area contributed by atoms with Crippen molar-refractivity contribution in [3.63, 3.8) is 0 Å². The van der Waals surface area contributed by atoms with Crippen LogP contribution in [0.4, 0.5) is 59.2 Å². The van der Waals surface area contributed by atoms with Gasteiger partial charge in [0.25, 0.3) is 0 Å². The summed E-state index contributed by atoms with van der Waals surface area (Å²) in [6.45, 7) is 29.5. The van der Waals surface area contributed by atoms with Gasteiger partial charge in [0, 0.05) is 182 Å². The van der Waals surface area contributed by atoms with Crippen LogP contribution >= 0.6 is 11.6 Å². The first-order valence-corrected chi connectivity index (χ1v) is 34.7. The Kier molecular flexibility index (Phi) is 28.2. The lowest BCUT2D eigenvalue weighted by Gasteiger charge is -2.35. The number of hydrogen-bond donors (Lipinski definition) is 0. The van der Waals surface area contributed by atoms with Crippen LogP contribution in [-0.2, 0) is 0 Å². The summed E-state index contributed by atoms with van der Waals surface area (Å²) in [5.74, 6) is 24.8. The maximum absolute atomic E-state index is 13.8. The zero-order valence-electron chi connectivity index (χ0n) is 60.7. The first kappa shape index (κ1) is 80.5. The number of halogens is 4. The van der Waals surface area contributed by atoms with E-state index in [1.165, 1.54) is 42.6 Å². The number of anilines is 4. The van der Waals surface area contributed by atoms with Crippen molar-refractivity contribution in [2.75, 3.05) is 139 Å². The van der Waals surface area contributed by atoms with Gasteiger partial charge in [-0.2, -0.15) is 0 Å². The Morgan fingerprint density at radius 2 is 0.773 bits per heavy atom. The van der Waals surface area contributed by atoms with Gasteiger partial charge in [-0.3, -0.25) is 40.5 Å².